The normalized spacial score (nSPS) is 10.9. The van der Waals surface area contributed by atoms with E-state index >= 15 is 0 Å². The first-order valence-electron chi connectivity index (χ1n) is 10.2. The van der Waals surface area contributed by atoms with Gasteiger partial charge in [-0.05, 0) is 46.8 Å². The predicted molar refractivity (Wildman–Crippen MR) is 132 cm³/mol. The Balaban J connectivity index is 1.95. The number of carbonyl (C=O) groups is 2. The number of nitrogens with zero attached hydrogens (tertiary/aromatic N) is 2. The smallest absolute Gasteiger partial charge is 0.353 e. The topological polar surface area (TPSA) is 79.6 Å². The molecule has 33 heavy (non-hydrogen) atoms. The molecule has 1 N–H and O–H groups in total. The van der Waals surface area contributed by atoms with E-state index < -0.39 is 5.97 Å². The highest BCUT2D eigenvalue weighted by Crippen LogP contribution is 2.32. The number of carbonyl (C=O) groups excluding carboxylic acids is 1. The first kappa shape index (κ1) is 22.5. The van der Waals surface area contributed by atoms with Gasteiger partial charge in [-0.3, -0.25) is 14.2 Å². The lowest BCUT2D eigenvalue weighted by molar-refractivity contribution is 0.0685. The van der Waals surface area contributed by atoms with Crippen LogP contribution in [0.25, 0.3) is 21.9 Å². The van der Waals surface area contributed by atoms with Crippen LogP contribution in [0.3, 0.4) is 0 Å². The Kier molecular flexibility index (Phi) is 6.16. The van der Waals surface area contributed by atoms with Crippen molar-refractivity contribution in [1.82, 2.24) is 9.47 Å². The minimum atomic E-state index is -1.19. The van der Waals surface area contributed by atoms with Crippen LogP contribution in [0.15, 0.2) is 82.1 Å². The maximum atomic E-state index is 13.4. The molecular formula is C26H21BrN2O4. The van der Waals surface area contributed by atoms with E-state index in [-0.39, 0.29) is 23.7 Å². The van der Waals surface area contributed by atoms with Crippen LogP contribution in [0.1, 0.15) is 26.4 Å². The Labute approximate surface area is 198 Å². The maximum absolute atomic E-state index is 13.4. The van der Waals surface area contributed by atoms with Gasteiger partial charge in [0.05, 0.1) is 6.54 Å². The minimum Gasteiger partial charge on any atom is -0.477 e. The molecule has 0 bridgehead atoms. The van der Waals surface area contributed by atoms with E-state index in [0.717, 1.165) is 4.47 Å². The predicted octanol–water partition coefficient (Wildman–Crippen LogP) is 4.88. The van der Waals surface area contributed by atoms with Crippen molar-refractivity contribution in [3.8, 4) is 11.1 Å². The average molecular weight is 505 g/mol. The highest BCUT2D eigenvalue weighted by molar-refractivity contribution is 9.10. The summed E-state index contributed by atoms with van der Waals surface area (Å²) in [4.78, 5) is 39.6. The molecule has 0 radical (unpaired) electrons. The molecule has 0 aliphatic heterocycles. The van der Waals surface area contributed by atoms with Crippen molar-refractivity contribution in [2.45, 2.75) is 6.54 Å². The summed E-state index contributed by atoms with van der Waals surface area (Å²) in [5, 5.41) is 11.2. The van der Waals surface area contributed by atoms with Crippen LogP contribution in [0, 0.1) is 0 Å². The SMILES string of the molecule is CN(C)C(=O)c1ccc(Cn2c(C(=O)O)c(-c3ccccc3)c3cc(Br)ccc3c2=O)cc1. The number of hydrogen-bond acceptors (Lipinski definition) is 3. The zero-order valence-corrected chi connectivity index (χ0v) is 19.7. The van der Waals surface area contributed by atoms with Crippen molar-refractivity contribution in [3.63, 3.8) is 0 Å². The van der Waals surface area contributed by atoms with Crippen molar-refractivity contribution < 1.29 is 14.7 Å². The largest absolute Gasteiger partial charge is 0.477 e. The monoisotopic (exact) mass is 504 g/mol. The van der Waals surface area contributed by atoms with Gasteiger partial charge in [-0.15, -0.1) is 0 Å². The van der Waals surface area contributed by atoms with Gasteiger partial charge in [-0.1, -0.05) is 58.4 Å². The van der Waals surface area contributed by atoms with Crippen LogP contribution < -0.4 is 5.56 Å². The van der Waals surface area contributed by atoms with E-state index in [1.54, 1.807) is 56.6 Å². The Morgan fingerprint density at radius 2 is 1.61 bits per heavy atom. The van der Waals surface area contributed by atoms with Gasteiger partial charge < -0.3 is 10.0 Å². The fourth-order valence-corrected chi connectivity index (χ4v) is 4.24. The molecule has 0 aliphatic carbocycles. The van der Waals surface area contributed by atoms with Crippen LogP contribution >= 0.6 is 15.9 Å². The number of carboxylic acids is 1. The van der Waals surface area contributed by atoms with E-state index in [1.165, 1.54) is 9.47 Å². The zero-order valence-electron chi connectivity index (χ0n) is 18.1. The van der Waals surface area contributed by atoms with E-state index in [4.69, 9.17) is 0 Å². The number of carboxylic acid groups (broad SMARTS) is 1. The summed E-state index contributed by atoms with van der Waals surface area (Å²) < 4.78 is 2.05. The van der Waals surface area contributed by atoms with E-state index in [0.29, 0.717) is 33.0 Å². The van der Waals surface area contributed by atoms with Crippen molar-refractivity contribution >= 4 is 38.6 Å². The fraction of sp³-hybridized carbons (Fsp3) is 0.115. The molecule has 4 aromatic rings. The molecule has 0 saturated carbocycles. The van der Waals surface area contributed by atoms with Crippen LogP contribution in [0.2, 0.25) is 0 Å². The molecule has 1 amide bonds. The summed E-state index contributed by atoms with van der Waals surface area (Å²) in [6, 6.07) is 21.3. The van der Waals surface area contributed by atoms with Crippen LogP contribution in [-0.4, -0.2) is 40.5 Å². The number of aromatic carboxylic acids is 1. The third-order valence-electron chi connectivity index (χ3n) is 5.45. The van der Waals surface area contributed by atoms with Gasteiger partial charge in [0.1, 0.15) is 5.69 Å². The third kappa shape index (κ3) is 4.32. The quantitative estimate of drug-likeness (QED) is 0.420. The van der Waals surface area contributed by atoms with E-state index in [2.05, 4.69) is 15.9 Å². The van der Waals surface area contributed by atoms with Gasteiger partial charge in [0.25, 0.3) is 11.5 Å². The molecule has 0 unspecified atom stereocenters. The molecular weight excluding hydrogens is 484 g/mol. The molecule has 0 fully saturated rings. The standard InChI is InChI=1S/C26H21BrN2O4/c1-28(2)24(30)18-10-8-16(9-11-18)15-29-23(26(32)33)22(17-6-4-3-5-7-17)21-14-19(27)12-13-20(21)25(29)31/h3-14H,15H2,1-2H3,(H,32,33). The van der Waals surface area contributed by atoms with Gasteiger partial charge in [0.2, 0.25) is 0 Å². The lowest BCUT2D eigenvalue weighted by Crippen LogP contribution is -2.28. The van der Waals surface area contributed by atoms with Crippen LogP contribution in [-0.2, 0) is 6.54 Å². The van der Waals surface area contributed by atoms with Crippen molar-refractivity contribution in [1.29, 1.82) is 0 Å². The number of halogens is 1. The Morgan fingerprint density at radius 1 is 0.939 bits per heavy atom. The summed E-state index contributed by atoms with van der Waals surface area (Å²) in [6.45, 7) is 0.0583. The number of pyridine rings is 1. The Bertz CT molecular complexity index is 1430. The molecule has 1 heterocycles. The summed E-state index contributed by atoms with van der Waals surface area (Å²) in [5.74, 6) is -1.32. The Morgan fingerprint density at radius 3 is 2.21 bits per heavy atom. The molecule has 3 aromatic carbocycles. The summed E-state index contributed by atoms with van der Waals surface area (Å²) >= 11 is 3.44. The maximum Gasteiger partial charge on any atom is 0.353 e. The van der Waals surface area contributed by atoms with Gasteiger partial charge in [0, 0.05) is 35.1 Å². The first-order chi connectivity index (χ1) is 15.8. The van der Waals surface area contributed by atoms with Crippen LogP contribution in [0.4, 0.5) is 0 Å². The molecule has 0 atom stereocenters. The second-order valence-corrected chi connectivity index (χ2v) is 8.79. The molecule has 0 saturated heterocycles. The van der Waals surface area contributed by atoms with Crippen LogP contribution in [0.5, 0.6) is 0 Å². The van der Waals surface area contributed by atoms with Gasteiger partial charge in [-0.2, -0.15) is 0 Å². The second kappa shape index (κ2) is 9.03. The molecule has 0 spiro atoms. The second-order valence-electron chi connectivity index (χ2n) is 7.87. The summed E-state index contributed by atoms with van der Waals surface area (Å²) in [7, 11) is 3.35. The summed E-state index contributed by atoms with van der Waals surface area (Å²) in [5.41, 5.74) is 1.96. The fourth-order valence-electron chi connectivity index (χ4n) is 3.88. The number of rotatable bonds is 5. The molecule has 166 valence electrons. The number of amides is 1. The lowest BCUT2D eigenvalue weighted by Gasteiger charge is -2.18. The lowest BCUT2D eigenvalue weighted by atomic mass is 9.96. The van der Waals surface area contributed by atoms with Gasteiger partial charge in [-0.25, -0.2) is 4.79 Å². The highest BCUT2D eigenvalue weighted by atomic mass is 79.9. The summed E-state index contributed by atoms with van der Waals surface area (Å²) in [6.07, 6.45) is 0. The molecule has 6 nitrogen and oxygen atoms in total. The highest BCUT2D eigenvalue weighted by Gasteiger charge is 2.23. The van der Waals surface area contributed by atoms with Crippen molar-refractivity contribution in [2.75, 3.05) is 14.1 Å². The number of hydrogen-bond donors (Lipinski definition) is 1. The van der Waals surface area contributed by atoms with Crippen molar-refractivity contribution in [2.24, 2.45) is 0 Å². The average Bonchev–Trinajstić information content (AvgIpc) is 2.80. The minimum absolute atomic E-state index is 0.0583. The molecule has 7 heteroatoms. The Hall–Kier alpha value is -3.71. The van der Waals surface area contributed by atoms with Gasteiger partial charge >= 0.3 is 5.97 Å². The molecule has 4 rings (SSSR count). The number of fused-ring (bicyclic) bond motifs is 1. The number of aromatic nitrogens is 1. The molecule has 0 aliphatic rings. The van der Waals surface area contributed by atoms with E-state index in [9.17, 15) is 19.5 Å². The van der Waals surface area contributed by atoms with Crippen molar-refractivity contribution in [3.05, 3.63) is 104 Å². The number of benzene rings is 3. The van der Waals surface area contributed by atoms with Gasteiger partial charge in [0.15, 0.2) is 0 Å². The first-order valence-corrected chi connectivity index (χ1v) is 11.0. The third-order valence-corrected chi connectivity index (χ3v) is 5.94. The zero-order chi connectivity index (χ0) is 23.7. The molecule has 1 aromatic heterocycles. The van der Waals surface area contributed by atoms with E-state index in [1.807, 2.05) is 30.3 Å².